The van der Waals surface area contributed by atoms with Crippen LogP contribution in [0.25, 0.3) is 0 Å². The zero-order chi connectivity index (χ0) is 21.3. The van der Waals surface area contributed by atoms with Gasteiger partial charge in [-0.25, -0.2) is 4.79 Å². The maximum atomic E-state index is 12.6. The van der Waals surface area contributed by atoms with Crippen LogP contribution in [0.5, 0.6) is 0 Å². The number of aliphatic carboxylic acids is 1. The summed E-state index contributed by atoms with van der Waals surface area (Å²) >= 11 is 12.0. The summed E-state index contributed by atoms with van der Waals surface area (Å²) in [4.78, 5) is 23.7. The molecular weight excluding hydrogens is 417 g/mol. The number of halogens is 2. The molecule has 2 aromatic heterocycles. The van der Waals surface area contributed by atoms with Crippen LogP contribution in [0.3, 0.4) is 0 Å². The first-order chi connectivity index (χ1) is 13.7. The summed E-state index contributed by atoms with van der Waals surface area (Å²) in [6.45, 7) is 5.60. The molecule has 3 aromatic rings. The first kappa shape index (κ1) is 20.9. The van der Waals surface area contributed by atoms with Gasteiger partial charge in [0.15, 0.2) is 0 Å². The summed E-state index contributed by atoms with van der Waals surface area (Å²) in [5, 5.41) is 21.3. The van der Waals surface area contributed by atoms with Crippen molar-refractivity contribution in [1.29, 1.82) is 0 Å². The third kappa shape index (κ3) is 4.44. The van der Waals surface area contributed by atoms with Crippen LogP contribution in [0.2, 0.25) is 10.0 Å². The molecule has 3 rings (SSSR count). The molecule has 0 aliphatic carbocycles. The highest BCUT2D eigenvalue weighted by Gasteiger charge is 2.19. The molecule has 0 spiro atoms. The predicted octanol–water partition coefficient (Wildman–Crippen LogP) is 3.95. The van der Waals surface area contributed by atoms with Gasteiger partial charge in [0.05, 0.1) is 45.4 Å². The molecule has 152 valence electrons. The van der Waals surface area contributed by atoms with E-state index in [0.29, 0.717) is 28.0 Å². The van der Waals surface area contributed by atoms with Gasteiger partial charge >= 0.3 is 5.97 Å². The monoisotopic (exact) mass is 435 g/mol. The van der Waals surface area contributed by atoms with E-state index in [2.05, 4.69) is 15.5 Å². The molecule has 1 unspecified atom stereocenters. The Morgan fingerprint density at radius 2 is 1.97 bits per heavy atom. The Morgan fingerprint density at radius 1 is 1.24 bits per heavy atom. The first-order valence-electron chi connectivity index (χ1n) is 8.73. The number of carbonyl (C=O) groups is 2. The normalized spacial score (nSPS) is 12.0. The van der Waals surface area contributed by atoms with Gasteiger partial charge in [-0.05, 0) is 38.5 Å². The van der Waals surface area contributed by atoms with E-state index in [9.17, 15) is 9.59 Å². The second kappa shape index (κ2) is 8.26. The number of hydrogen-bond acceptors (Lipinski definition) is 4. The van der Waals surface area contributed by atoms with Crippen molar-refractivity contribution in [2.75, 3.05) is 5.32 Å². The van der Waals surface area contributed by atoms with Crippen molar-refractivity contribution in [3.8, 4) is 0 Å². The van der Waals surface area contributed by atoms with Gasteiger partial charge in [-0.15, -0.1) is 0 Å². The van der Waals surface area contributed by atoms with Crippen molar-refractivity contribution >= 4 is 40.8 Å². The zero-order valence-corrected chi connectivity index (χ0v) is 17.5. The highest BCUT2D eigenvalue weighted by Crippen LogP contribution is 2.25. The third-order valence-electron chi connectivity index (χ3n) is 4.55. The quantitative estimate of drug-likeness (QED) is 0.609. The van der Waals surface area contributed by atoms with E-state index < -0.39 is 17.9 Å². The summed E-state index contributed by atoms with van der Waals surface area (Å²) < 4.78 is 2.99. The first-order valence-corrected chi connectivity index (χ1v) is 9.49. The number of carbonyl (C=O) groups excluding carboxylic acids is 1. The number of rotatable bonds is 6. The number of carboxylic acids is 1. The second-order valence-corrected chi connectivity index (χ2v) is 7.44. The molecular formula is C19H19Cl2N5O3. The standard InChI is InChI=1S/C19H19Cl2N5O3/c1-10-17(23-18(27)14-7-22-25(9-14)12(3)19(28)29)11(2)26(24-10)8-13-4-5-15(20)16(21)6-13/h4-7,9,12H,8H2,1-3H3,(H,23,27)(H,28,29). The smallest absolute Gasteiger partial charge is 0.328 e. The highest BCUT2D eigenvalue weighted by atomic mass is 35.5. The van der Waals surface area contributed by atoms with Crippen molar-refractivity contribution < 1.29 is 14.7 Å². The molecule has 0 fully saturated rings. The third-order valence-corrected chi connectivity index (χ3v) is 5.29. The molecule has 0 aliphatic rings. The molecule has 8 nitrogen and oxygen atoms in total. The van der Waals surface area contributed by atoms with Crippen LogP contribution in [0.15, 0.2) is 30.6 Å². The molecule has 1 aromatic carbocycles. The maximum absolute atomic E-state index is 12.6. The number of aromatic nitrogens is 4. The molecule has 1 amide bonds. The van der Waals surface area contributed by atoms with Crippen molar-refractivity contribution in [1.82, 2.24) is 19.6 Å². The Bertz CT molecular complexity index is 1090. The summed E-state index contributed by atoms with van der Waals surface area (Å²) in [7, 11) is 0. The molecule has 2 N–H and O–H groups in total. The molecule has 0 saturated heterocycles. The number of aryl methyl sites for hydroxylation is 1. The number of hydrogen-bond donors (Lipinski definition) is 2. The minimum atomic E-state index is -1.03. The Hall–Kier alpha value is -2.84. The number of amides is 1. The molecule has 10 heteroatoms. The number of benzene rings is 1. The van der Waals surface area contributed by atoms with Gasteiger partial charge in [-0.1, -0.05) is 29.3 Å². The van der Waals surface area contributed by atoms with Gasteiger partial charge < -0.3 is 10.4 Å². The molecule has 0 radical (unpaired) electrons. The van der Waals surface area contributed by atoms with Crippen LogP contribution in [0.4, 0.5) is 5.69 Å². The van der Waals surface area contributed by atoms with Gasteiger partial charge in [0.25, 0.3) is 5.91 Å². The average molecular weight is 436 g/mol. The topological polar surface area (TPSA) is 102 Å². The second-order valence-electron chi connectivity index (χ2n) is 6.63. The molecule has 29 heavy (non-hydrogen) atoms. The van der Waals surface area contributed by atoms with E-state index in [1.807, 2.05) is 13.0 Å². The molecule has 1 atom stereocenters. The largest absolute Gasteiger partial charge is 0.480 e. The minimum absolute atomic E-state index is 0.258. The van der Waals surface area contributed by atoms with Gasteiger partial charge in [0.1, 0.15) is 6.04 Å². The lowest BCUT2D eigenvalue weighted by atomic mass is 10.2. The van der Waals surface area contributed by atoms with Crippen LogP contribution in [-0.2, 0) is 11.3 Å². The van der Waals surface area contributed by atoms with Gasteiger partial charge in [-0.3, -0.25) is 14.2 Å². The van der Waals surface area contributed by atoms with Crippen molar-refractivity contribution in [3.05, 3.63) is 63.2 Å². The number of nitrogens with zero attached hydrogens (tertiary/aromatic N) is 4. The van der Waals surface area contributed by atoms with E-state index in [1.165, 1.54) is 24.0 Å². The summed E-state index contributed by atoms with van der Waals surface area (Å²) in [6, 6.07) is 4.50. The Balaban J connectivity index is 1.79. The van der Waals surface area contributed by atoms with Crippen LogP contribution >= 0.6 is 23.2 Å². The van der Waals surface area contributed by atoms with Gasteiger partial charge in [0, 0.05) is 6.20 Å². The van der Waals surface area contributed by atoms with Crippen LogP contribution in [-0.4, -0.2) is 36.5 Å². The van der Waals surface area contributed by atoms with Gasteiger partial charge in [-0.2, -0.15) is 10.2 Å². The maximum Gasteiger partial charge on any atom is 0.328 e. The Kier molecular flexibility index (Phi) is 5.95. The van der Waals surface area contributed by atoms with Crippen LogP contribution < -0.4 is 5.32 Å². The average Bonchev–Trinajstić information content (AvgIpc) is 3.25. The lowest BCUT2D eigenvalue weighted by molar-refractivity contribution is -0.140. The van der Waals surface area contributed by atoms with Crippen LogP contribution in [0, 0.1) is 13.8 Å². The fourth-order valence-electron chi connectivity index (χ4n) is 2.81. The van der Waals surface area contributed by atoms with E-state index in [0.717, 1.165) is 11.3 Å². The Labute approximate surface area is 177 Å². The summed E-state index contributed by atoms with van der Waals surface area (Å²) in [5.41, 5.74) is 3.20. The molecule has 2 heterocycles. The zero-order valence-electron chi connectivity index (χ0n) is 16.0. The van der Waals surface area contributed by atoms with E-state index in [4.69, 9.17) is 28.3 Å². The molecule has 0 bridgehead atoms. The van der Waals surface area contributed by atoms with E-state index in [1.54, 1.807) is 23.7 Å². The van der Waals surface area contributed by atoms with E-state index >= 15 is 0 Å². The number of carboxylic acid groups (broad SMARTS) is 1. The molecule has 0 saturated carbocycles. The SMILES string of the molecule is Cc1nn(Cc2ccc(Cl)c(Cl)c2)c(C)c1NC(=O)c1cnn(C(C)C(=O)O)c1. The van der Waals surface area contributed by atoms with Crippen molar-refractivity contribution in [2.45, 2.75) is 33.4 Å². The fourth-order valence-corrected chi connectivity index (χ4v) is 3.13. The molecule has 0 aliphatic heterocycles. The predicted molar refractivity (Wildman–Crippen MR) is 110 cm³/mol. The van der Waals surface area contributed by atoms with Gasteiger partial charge in [0.2, 0.25) is 0 Å². The van der Waals surface area contributed by atoms with Crippen molar-refractivity contribution in [3.63, 3.8) is 0 Å². The highest BCUT2D eigenvalue weighted by molar-refractivity contribution is 6.42. The number of anilines is 1. The lowest BCUT2D eigenvalue weighted by Gasteiger charge is -2.08. The lowest BCUT2D eigenvalue weighted by Crippen LogP contribution is -2.16. The Morgan fingerprint density at radius 3 is 2.62 bits per heavy atom. The fraction of sp³-hybridized carbons (Fsp3) is 0.263. The van der Waals surface area contributed by atoms with Crippen molar-refractivity contribution in [2.24, 2.45) is 0 Å². The minimum Gasteiger partial charge on any atom is -0.480 e. The van der Waals surface area contributed by atoms with E-state index in [-0.39, 0.29) is 5.56 Å². The van der Waals surface area contributed by atoms with Crippen LogP contribution in [0.1, 0.15) is 40.3 Å². The summed E-state index contributed by atoms with van der Waals surface area (Å²) in [6.07, 6.45) is 2.73. The number of nitrogens with one attached hydrogen (secondary N) is 1. The summed E-state index contributed by atoms with van der Waals surface area (Å²) in [5.74, 6) is -1.43.